The zero-order valence-electron chi connectivity index (χ0n) is 13.8. The lowest BCUT2D eigenvalue weighted by Gasteiger charge is -2.38. The molecule has 0 unspecified atom stereocenters. The van der Waals surface area contributed by atoms with E-state index in [2.05, 4.69) is 17.1 Å². The maximum atomic E-state index is 11.1. The lowest BCUT2D eigenvalue weighted by Crippen LogP contribution is -2.42. The molecule has 2 fully saturated rings. The molecule has 1 aromatic rings. The Morgan fingerprint density at radius 2 is 2.04 bits per heavy atom. The highest BCUT2D eigenvalue weighted by molar-refractivity contribution is 5.92. The van der Waals surface area contributed by atoms with E-state index in [0.29, 0.717) is 17.5 Å². The summed E-state index contributed by atoms with van der Waals surface area (Å²) in [4.78, 5) is 18.3. The number of likely N-dealkylation sites (tertiary alicyclic amines) is 1. The van der Waals surface area contributed by atoms with Gasteiger partial charge in [0.25, 0.3) is 0 Å². The van der Waals surface area contributed by atoms with E-state index < -0.39 is 5.91 Å². The standard InChI is InChI=1S/C18H26N4O/c1-2-20-17(22-11-10-18(13-22)8-3-9-18)21-12-14-4-6-15(7-5-14)16(19)23/h4-7H,2-3,8-13H2,1H3,(H2,19,23)(H,20,21). The van der Waals surface area contributed by atoms with Crippen molar-refractivity contribution >= 4 is 11.9 Å². The Morgan fingerprint density at radius 1 is 1.30 bits per heavy atom. The number of nitrogens with two attached hydrogens (primary N) is 1. The van der Waals surface area contributed by atoms with Crippen molar-refractivity contribution in [3.63, 3.8) is 0 Å². The first-order chi connectivity index (χ1) is 11.1. The van der Waals surface area contributed by atoms with Gasteiger partial charge in [-0.05, 0) is 49.3 Å². The molecule has 1 aliphatic heterocycles. The van der Waals surface area contributed by atoms with Crippen LogP contribution in [0.5, 0.6) is 0 Å². The van der Waals surface area contributed by atoms with Crippen molar-refractivity contribution in [1.82, 2.24) is 10.2 Å². The molecule has 1 saturated carbocycles. The van der Waals surface area contributed by atoms with Crippen LogP contribution in [0.15, 0.2) is 29.3 Å². The number of rotatable bonds is 4. The molecule has 23 heavy (non-hydrogen) atoms. The molecule has 5 heteroatoms. The molecule has 124 valence electrons. The van der Waals surface area contributed by atoms with Crippen LogP contribution in [0.2, 0.25) is 0 Å². The summed E-state index contributed by atoms with van der Waals surface area (Å²) in [5.74, 6) is 0.617. The highest BCUT2D eigenvalue weighted by Gasteiger charge is 2.43. The summed E-state index contributed by atoms with van der Waals surface area (Å²) >= 11 is 0. The number of carbonyl (C=O) groups is 1. The van der Waals surface area contributed by atoms with Crippen molar-refractivity contribution in [3.8, 4) is 0 Å². The van der Waals surface area contributed by atoms with Gasteiger partial charge in [-0.2, -0.15) is 0 Å². The average Bonchev–Trinajstić information content (AvgIpc) is 2.97. The molecule has 3 N–H and O–H groups in total. The van der Waals surface area contributed by atoms with Crippen LogP contribution in [-0.4, -0.2) is 36.4 Å². The molecule has 2 aliphatic rings. The van der Waals surface area contributed by atoms with Crippen LogP contribution in [-0.2, 0) is 6.54 Å². The van der Waals surface area contributed by atoms with Gasteiger partial charge in [-0.25, -0.2) is 4.99 Å². The molecule has 0 bridgehead atoms. The van der Waals surface area contributed by atoms with Crippen molar-refractivity contribution < 1.29 is 4.79 Å². The lowest BCUT2D eigenvalue weighted by molar-refractivity contribution is 0.100. The molecule has 0 radical (unpaired) electrons. The Hall–Kier alpha value is -2.04. The van der Waals surface area contributed by atoms with Crippen molar-refractivity contribution in [1.29, 1.82) is 0 Å². The molecule has 1 aliphatic carbocycles. The fourth-order valence-electron chi connectivity index (χ4n) is 3.57. The van der Waals surface area contributed by atoms with Gasteiger partial charge in [-0.1, -0.05) is 18.6 Å². The average molecular weight is 314 g/mol. The minimum absolute atomic E-state index is 0.392. The predicted molar refractivity (Wildman–Crippen MR) is 92.2 cm³/mol. The van der Waals surface area contributed by atoms with Crippen LogP contribution in [0.4, 0.5) is 0 Å². The smallest absolute Gasteiger partial charge is 0.248 e. The Morgan fingerprint density at radius 3 is 2.57 bits per heavy atom. The van der Waals surface area contributed by atoms with Gasteiger partial charge in [-0.15, -0.1) is 0 Å². The Kier molecular flexibility index (Phi) is 4.55. The molecule has 1 heterocycles. The monoisotopic (exact) mass is 314 g/mol. The van der Waals surface area contributed by atoms with Gasteiger partial charge in [0.15, 0.2) is 5.96 Å². The molecule has 3 rings (SSSR count). The number of amides is 1. The summed E-state index contributed by atoms with van der Waals surface area (Å²) in [5.41, 5.74) is 7.46. The highest BCUT2D eigenvalue weighted by atomic mass is 16.1. The highest BCUT2D eigenvalue weighted by Crippen LogP contribution is 2.47. The number of hydrogen-bond acceptors (Lipinski definition) is 2. The van der Waals surface area contributed by atoms with E-state index in [1.165, 1.54) is 25.7 Å². The number of guanidine groups is 1. The lowest BCUT2D eigenvalue weighted by atomic mass is 9.68. The van der Waals surface area contributed by atoms with Crippen LogP contribution in [0, 0.1) is 5.41 Å². The summed E-state index contributed by atoms with van der Waals surface area (Å²) in [6, 6.07) is 7.37. The van der Waals surface area contributed by atoms with Crippen molar-refractivity contribution in [3.05, 3.63) is 35.4 Å². The molecule has 1 amide bonds. The number of hydrogen-bond donors (Lipinski definition) is 2. The predicted octanol–water partition coefficient (Wildman–Crippen LogP) is 2.13. The number of carbonyl (C=O) groups excluding carboxylic acids is 1. The summed E-state index contributed by atoms with van der Waals surface area (Å²) < 4.78 is 0. The topological polar surface area (TPSA) is 70.7 Å². The maximum absolute atomic E-state index is 11.1. The van der Waals surface area contributed by atoms with Gasteiger partial charge in [-0.3, -0.25) is 4.79 Å². The van der Waals surface area contributed by atoms with E-state index in [4.69, 9.17) is 10.7 Å². The SMILES string of the molecule is CCNC(=NCc1ccc(C(N)=O)cc1)N1CCC2(CCC2)C1. The first-order valence-corrected chi connectivity index (χ1v) is 8.54. The first kappa shape index (κ1) is 15.8. The van der Waals surface area contributed by atoms with Gasteiger partial charge in [0.1, 0.15) is 0 Å². The first-order valence-electron chi connectivity index (χ1n) is 8.54. The van der Waals surface area contributed by atoms with Crippen LogP contribution in [0.1, 0.15) is 48.5 Å². The molecular weight excluding hydrogens is 288 g/mol. The molecule has 0 aromatic heterocycles. The second kappa shape index (κ2) is 6.60. The zero-order chi connectivity index (χ0) is 16.3. The number of nitrogens with zero attached hydrogens (tertiary/aromatic N) is 2. The second-order valence-electron chi connectivity index (χ2n) is 6.76. The van der Waals surface area contributed by atoms with Crippen molar-refractivity contribution in [2.75, 3.05) is 19.6 Å². The molecular formula is C18H26N4O. The summed E-state index contributed by atoms with van der Waals surface area (Å²) in [6.07, 6.45) is 5.42. The zero-order valence-corrected chi connectivity index (χ0v) is 13.8. The third-order valence-corrected chi connectivity index (χ3v) is 5.14. The summed E-state index contributed by atoms with van der Waals surface area (Å²) in [6.45, 7) is 5.84. The van der Waals surface area contributed by atoms with Crippen molar-refractivity contribution in [2.45, 2.75) is 39.2 Å². The number of aliphatic imine (C=N–C) groups is 1. The van der Waals surface area contributed by atoms with Crippen LogP contribution in [0.3, 0.4) is 0 Å². The van der Waals surface area contributed by atoms with E-state index in [0.717, 1.165) is 31.2 Å². The number of benzene rings is 1. The van der Waals surface area contributed by atoms with Crippen molar-refractivity contribution in [2.24, 2.45) is 16.1 Å². The fourth-order valence-corrected chi connectivity index (χ4v) is 3.57. The van der Waals surface area contributed by atoms with E-state index in [1.54, 1.807) is 12.1 Å². The summed E-state index contributed by atoms with van der Waals surface area (Å²) in [7, 11) is 0. The molecule has 5 nitrogen and oxygen atoms in total. The van der Waals surface area contributed by atoms with Gasteiger partial charge in [0.05, 0.1) is 6.54 Å². The van der Waals surface area contributed by atoms with Crippen LogP contribution in [0.25, 0.3) is 0 Å². The van der Waals surface area contributed by atoms with E-state index in [9.17, 15) is 4.79 Å². The third kappa shape index (κ3) is 3.49. The molecule has 1 spiro atoms. The normalized spacial score (nSPS) is 19.7. The van der Waals surface area contributed by atoms with Crippen LogP contribution < -0.4 is 11.1 Å². The van der Waals surface area contributed by atoms with E-state index in [-0.39, 0.29) is 0 Å². The van der Waals surface area contributed by atoms with E-state index in [1.807, 2.05) is 12.1 Å². The van der Waals surface area contributed by atoms with Gasteiger partial charge in [0.2, 0.25) is 5.91 Å². The third-order valence-electron chi connectivity index (χ3n) is 5.14. The van der Waals surface area contributed by atoms with Crippen LogP contribution >= 0.6 is 0 Å². The number of primary amides is 1. The second-order valence-corrected chi connectivity index (χ2v) is 6.76. The molecule has 1 saturated heterocycles. The minimum atomic E-state index is -0.392. The van der Waals surface area contributed by atoms with Gasteiger partial charge < -0.3 is 16.0 Å². The molecule has 0 atom stereocenters. The van der Waals surface area contributed by atoms with E-state index >= 15 is 0 Å². The minimum Gasteiger partial charge on any atom is -0.366 e. The van der Waals surface area contributed by atoms with Gasteiger partial charge in [0, 0.05) is 25.2 Å². The number of nitrogens with one attached hydrogen (secondary N) is 1. The maximum Gasteiger partial charge on any atom is 0.248 e. The Bertz CT molecular complexity index is 590. The quantitative estimate of drug-likeness (QED) is 0.660. The molecule has 1 aromatic carbocycles. The fraction of sp³-hybridized carbons (Fsp3) is 0.556. The summed E-state index contributed by atoms with van der Waals surface area (Å²) in [5, 5.41) is 3.41. The Labute approximate surface area is 138 Å². The van der Waals surface area contributed by atoms with Gasteiger partial charge >= 0.3 is 0 Å². The largest absolute Gasteiger partial charge is 0.366 e. The Balaban J connectivity index is 1.65.